The first-order valence-corrected chi connectivity index (χ1v) is 11.9. The number of nitrogens with one attached hydrogen (secondary N) is 1. The summed E-state index contributed by atoms with van der Waals surface area (Å²) in [6.07, 6.45) is 4.05. The number of benzene rings is 2. The average molecular weight is 468 g/mol. The summed E-state index contributed by atoms with van der Waals surface area (Å²) in [7, 11) is 1.32. The molecule has 182 valence electrons. The van der Waals surface area contributed by atoms with Crippen LogP contribution in [0.2, 0.25) is 0 Å². The molecular weight excluding hydrogens is 432 g/mol. The van der Waals surface area contributed by atoms with Crippen LogP contribution < -0.4 is 5.32 Å². The van der Waals surface area contributed by atoms with Crippen LogP contribution in [0.25, 0.3) is 0 Å². The number of aryl methyl sites for hydroxylation is 1. The lowest BCUT2D eigenvalue weighted by Gasteiger charge is -2.41. The minimum atomic E-state index is -0.505. The van der Waals surface area contributed by atoms with Crippen molar-refractivity contribution in [1.29, 1.82) is 0 Å². The van der Waals surface area contributed by atoms with E-state index in [0.717, 1.165) is 49.9 Å². The van der Waals surface area contributed by atoms with Gasteiger partial charge in [-0.25, -0.2) is 9.59 Å². The van der Waals surface area contributed by atoms with Gasteiger partial charge in [0, 0.05) is 0 Å². The summed E-state index contributed by atoms with van der Waals surface area (Å²) in [6.45, 7) is 5.51. The van der Waals surface area contributed by atoms with E-state index in [-0.39, 0.29) is 25.0 Å². The molecule has 2 aromatic carbocycles. The molecule has 7 heteroatoms. The highest BCUT2D eigenvalue weighted by Gasteiger charge is 2.41. The maximum Gasteiger partial charge on any atom is 0.362 e. The van der Waals surface area contributed by atoms with Crippen LogP contribution in [-0.2, 0) is 25.7 Å². The number of methoxy groups -OCH3 is 1. The van der Waals surface area contributed by atoms with Crippen LogP contribution in [0, 0.1) is 6.92 Å². The molecule has 2 aromatic rings. The molecule has 1 N–H and O–H groups in total. The Labute approximate surface area is 201 Å². The van der Waals surface area contributed by atoms with Crippen molar-refractivity contribution in [2.75, 3.05) is 32.1 Å². The monoisotopic (exact) mass is 467 g/mol. The van der Waals surface area contributed by atoms with E-state index in [2.05, 4.69) is 5.32 Å². The summed E-state index contributed by atoms with van der Waals surface area (Å²) in [5, 5.41) is 2.96. The van der Waals surface area contributed by atoms with E-state index < -0.39 is 12.0 Å². The molecule has 1 unspecified atom stereocenters. The quantitative estimate of drug-likeness (QED) is 0.464. The van der Waals surface area contributed by atoms with Crippen LogP contribution in [0.5, 0.6) is 0 Å². The third-order valence-electron chi connectivity index (χ3n) is 6.77. The number of rotatable bonds is 8. The first-order chi connectivity index (χ1) is 16.4. The number of anilines is 1. The summed E-state index contributed by atoms with van der Waals surface area (Å²) < 4.78 is 10.8. The van der Waals surface area contributed by atoms with Crippen molar-refractivity contribution in [3.05, 3.63) is 65.2 Å². The Morgan fingerprint density at radius 3 is 2.29 bits per heavy atom. The van der Waals surface area contributed by atoms with Crippen LogP contribution in [-0.4, -0.2) is 55.1 Å². The van der Waals surface area contributed by atoms with Crippen LogP contribution in [0.3, 0.4) is 0 Å². The fraction of sp³-hybridized carbons (Fsp3) is 0.444. The second-order valence-corrected chi connectivity index (χ2v) is 9.04. The van der Waals surface area contributed by atoms with Gasteiger partial charge >= 0.3 is 11.9 Å². The van der Waals surface area contributed by atoms with Crippen molar-refractivity contribution in [2.45, 2.75) is 52.2 Å². The molecule has 7 nitrogen and oxygen atoms in total. The number of nitrogens with zero attached hydrogens (tertiary/aromatic N) is 1. The van der Waals surface area contributed by atoms with Crippen LogP contribution in [0.1, 0.15) is 54.1 Å². The maximum absolute atomic E-state index is 13.5. The first kappa shape index (κ1) is 25.4. The molecule has 0 radical (unpaired) electrons. The molecule has 1 heterocycles. The van der Waals surface area contributed by atoms with E-state index in [4.69, 9.17) is 9.47 Å². The van der Waals surface area contributed by atoms with E-state index in [9.17, 15) is 14.4 Å². The standard InChI is InChI=1S/C27H34N2O5/c1-20-12-11-15-23(27(32)33-3)25(20)28-26(31)21(2)29(16-9-4-5-10-17-29)18-24(30)34-19-22-13-7-6-8-14-22/h6-8,11-15,21H,4-5,9-10,16-19H2,1-3H3/p+1. The van der Waals surface area contributed by atoms with Crippen molar-refractivity contribution < 1.29 is 28.3 Å². The summed E-state index contributed by atoms with van der Waals surface area (Å²) in [5.41, 5.74) is 2.46. The zero-order chi connectivity index (χ0) is 24.6. The van der Waals surface area contributed by atoms with Crippen LogP contribution >= 0.6 is 0 Å². The van der Waals surface area contributed by atoms with E-state index in [1.165, 1.54) is 7.11 Å². The number of esters is 2. The Kier molecular flexibility index (Phi) is 8.82. The second-order valence-electron chi connectivity index (χ2n) is 9.04. The summed E-state index contributed by atoms with van der Waals surface area (Å²) >= 11 is 0. The molecule has 0 aromatic heterocycles. The lowest BCUT2D eigenvalue weighted by atomic mass is 10.1. The number of likely N-dealkylation sites (tertiary alicyclic amines) is 1. The minimum Gasteiger partial charge on any atom is -0.465 e. The Balaban J connectivity index is 1.78. The van der Waals surface area contributed by atoms with Gasteiger partial charge in [0.15, 0.2) is 12.6 Å². The fourth-order valence-corrected chi connectivity index (χ4v) is 4.63. The number of amides is 1. The van der Waals surface area contributed by atoms with Crippen molar-refractivity contribution in [1.82, 2.24) is 0 Å². The Morgan fingerprint density at radius 1 is 0.971 bits per heavy atom. The molecule has 1 aliphatic heterocycles. The van der Waals surface area contributed by atoms with Crippen molar-refractivity contribution in [3.8, 4) is 0 Å². The number of hydrogen-bond acceptors (Lipinski definition) is 5. The molecule has 1 fully saturated rings. The van der Waals surface area contributed by atoms with Gasteiger partial charge in [0.2, 0.25) is 0 Å². The summed E-state index contributed by atoms with van der Waals surface area (Å²) in [6, 6.07) is 14.3. The van der Waals surface area contributed by atoms with Gasteiger partial charge in [0.1, 0.15) is 6.61 Å². The van der Waals surface area contributed by atoms with E-state index in [0.29, 0.717) is 15.7 Å². The van der Waals surface area contributed by atoms with Gasteiger partial charge in [0.05, 0.1) is 31.5 Å². The number of carbonyl (C=O) groups excluding carboxylic acids is 3. The molecule has 1 saturated heterocycles. The fourth-order valence-electron chi connectivity index (χ4n) is 4.63. The normalized spacial score (nSPS) is 16.1. The van der Waals surface area contributed by atoms with Crippen molar-refractivity contribution >= 4 is 23.5 Å². The lowest BCUT2D eigenvalue weighted by Crippen LogP contribution is -2.61. The van der Waals surface area contributed by atoms with E-state index >= 15 is 0 Å². The molecule has 34 heavy (non-hydrogen) atoms. The SMILES string of the molecule is COC(=O)c1cccc(C)c1NC(=O)C(C)[N+]1(CC(=O)OCc2ccccc2)CCCCCC1. The van der Waals surface area contributed by atoms with Gasteiger partial charge in [-0.2, -0.15) is 0 Å². The zero-order valence-electron chi connectivity index (χ0n) is 20.3. The van der Waals surface area contributed by atoms with Gasteiger partial charge in [-0.15, -0.1) is 0 Å². The molecule has 0 spiro atoms. The Hall–Kier alpha value is -3.19. The number of quaternary nitrogens is 1. The summed E-state index contributed by atoms with van der Waals surface area (Å²) in [4.78, 5) is 38.6. The van der Waals surface area contributed by atoms with Gasteiger partial charge < -0.3 is 19.3 Å². The summed E-state index contributed by atoms with van der Waals surface area (Å²) in [5.74, 6) is -1.04. The highest BCUT2D eigenvalue weighted by atomic mass is 16.5. The minimum absolute atomic E-state index is 0.138. The molecule has 0 aliphatic carbocycles. The largest absolute Gasteiger partial charge is 0.465 e. The number of hydrogen-bond donors (Lipinski definition) is 1. The van der Waals surface area contributed by atoms with Crippen LogP contribution in [0.15, 0.2) is 48.5 Å². The predicted octanol–water partition coefficient (Wildman–Crippen LogP) is 4.24. The number of ether oxygens (including phenoxy) is 2. The van der Waals surface area contributed by atoms with Gasteiger partial charge in [0.25, 0.3) is 5.91 Å². The average Bonchev–Trinajstić information content (AvgIpc) is 3.10. The van der Waals surface area contributed by atoms with E-state index in [1.807, 2.05) is 50.2 Å². The second kappa shape index (κ2) is 11.8. The molecule has 1 atom stereocenters. The van der Waals surface area contributed by atoms with Crippen LogP contribution in [0.4, 0.5) is 5.69 Å². The molecule has 0 saturated carbocycles. The van der Waals surface area contributed by atoms with Gasteiger partial charge in [-0.3, -0.25) is 4.79 Å². The predicted molar refractivity (Wildman–Crippen MR) is 130 cm³/mol. The topological polar surface area (TPSA) is 81.7 Å². The lowest BCUT2D eigenvalue weighted by molar-refractivity contribution is -0.933. The molecule has 0 bridgehead atoms. The smallest absolute Gasteiger partial charge is 0.362 e. The van der Waals surface area contributed by atoms with Gasteiger partial charge in [-0.1, -0.05) is 42.5 Å². The molecule has 3 rings (SSSR count). The Morgan fingerprint density at radius 2 is 1.65 bits per heavy atom. The molecular formula is C27H35N2O5+. The molecule has 1 aliphatic rings. The highest BCUT2D eigenvalue weighted by Crippen LogP contribution is 2.26. The van der Waals surface area contributed by atoms with Gasteiger partial charge in [-0.05, 0) is 56.7 Å². The third kappa shape index (κ3) is 6.23. The number of para-hydroxylation sites is 1. The Bertz CT molecular complexity index is 997. The third-order valence-corrected chi connectivity index (χ3v) is 6.77. The van der Waals surface area contributed by atoms with Crippen molar-refractivity contribution in [3.63, 3.8) is 0 Å². The van der Waals surface area contributed by atoms with Crippen molar-refractivity contribution in [2.24, 2.45) is 0 Å². The molecule has 1 amide bonds. The first-order valence-electron chi connectivity index (χ1n) is 11.9. The highest BCUT2D eigenvalue weighted by molar-refractivity contribution is 6.03. The van der Waals surface area contributed by atoms with E-state index in [1.54, 1.807) is 12.1 Å². The number of carbonyl (C=O) groups is 3. The maximum atomic E-state index is 13.5. The zero-order valence-corrected chi connectivity index (χ0v) is 20.3.